The fourth-order valence-corrected chi connectivity index (χ4v) is 3.25. The summed E-state index contributed by atoms with van der Waals surface area (Å²) in [4.78, 5) is 15.0. The maximum atomic E-state index is 10.7. The highest BCUT2D eigenvalue weighted by atomic mass is 79.9. The molecule has 2 rings (SSSR count). The summed E-state index contributed by atoms with van der Waals surface area (Å²) in [5, 5.41) is 11.8. The van der Waals surface area contributed by atoms with Gasteiger partial charge in [0, 0.05) is 26.7 Å². The molecule has 1 aromatic heterocycles. The van der Waals surface area contributed by atoms with Gasteiger partial charge in [-0.15, -0.1) is 11.8 Å². The molecule has 1 N–H and O–H groups in total. The van der Waals surface area contributed by atoms with Crippen LogP contribution in [0.15, 0.2) is 40.0 Å². The van der Waals surface area contributed by atoms with E-state index in [-0.39, 0.29) is 11.7 Å². The summed E-state index contributed by atoms with van der Waals surface area (Å²) in [6.07, 6.45) is 1.89. The van der Waals surface area contributed by atoms with E-state index in [1.807, 2.05) is 31.2 Å². The van der Waals surface area contributed by atoms with Crippen LogP contribution in [0.1, 0.15) is 13.3 Å². The zero-order chi connectivity index (χ0) is 13.1. The maximum absolute atomic E-state index is 10.7. The third-order valence-corrected chi connectivity index (χ3v) is 4.30. The first-order chi connectivity index (χ1) is 8.58. The number of hydrogen-bond donors (Lipinski definition) is 1. The second-order valence-corrected chi connectivity index (χ2v) is 6.26. The third-order valence-electron chi connectivity index (χ3n) is 2.49. The van der Waals surface area contributed by atoms with Crippen molar-refractivity contribution in [1.29, 1.82) is 0 Å². The molecule has 0 bridgehead atoms. The van der Waals surface area contributed by atoms with E-state index in [0.29, 0.717) is 0 Å². The van der Waals surface area contributed by atoms with Gasteiger partial charge in [-0.25, -0.2) is 4.98 Å². The Balaban J connectivity index is 2.34. The molecule has 0 radical (unpaired) electrons. The van der Waals surface area contributed by atoms with Crippen LogP contribution in [0, 0.1) is 0 Å². The van der Waals surface area contributed by atoms with Gasteiger partial charge in [0.15, 0.2) is 0 Å². The third kappa shape index (κ3) is 3.03. The van der Waals surface area contributed by atoms with E-state index in [0.717, 1.165) is 20.3 Å². The Bertz CT molecular complexity index is 588. The van der Waals surface area contributed by atoms with Gasteiger partial charge in [0.2, 0.25) is 0 Å². The van der Waals surface area contributed by atoms with Gasteiger partial charge in [-0.3, -0.25) is 4.79 Å². The second kappa shape index (κ2) is 5.71. The zero-order valence-electron chi connectivity index (χ0n) is 9.76. The smallest absolute Gasteiger partial charge is 0.304 e. The molecule has 1 atom stereocenters. The number of fused-ring (bicyclic) bond motifs is 1. The number of carboxylic acid groups (broad SMARTS) is 1. The average molecular weight is 326 g/mol. The van der Waals surface area contributed by atoms with Gasteiger partial charge in [-0.1, -0.05) is 35.0 Å². The molecule has 2 aromatic rings. The number of nitrogens with zero attached hydrogens (tertiary/aromatic N) is 1. The van der Waals surface area contributed by atoms with E-state index in [9.17, 15) is 4.79 Å². The minimum Gasteiger partial charge on any atom is -0.481 e. The molecule has 3 nitrogen and oxygen atoms in total. The predicted molar refractivity (Wildman–Crippen MR) is 77.0 cm³/mol. The molecule has 0 amide bonds. The van der Waals surface area contributed by atoms with E-state index in [1.165, 1.54) is 11.8 Å². The molecule has 0 spiro atoms. The van der Waals surface area contributed by atoms with Crippen molar-refractivity contribution < 1.29 is 9.90 Å². The predicted octanol–water partition coefficient (Wildman–Crippen LogP) is 3.95. The molecule has 0 aliphatic heterocycles. The topological polar surface area (TPSA) is 50.2 Å². The van der Waals surface area contributed by atoms with E-state index in [2.05, 4.69) is 20.9 Å². The van der Waals surface area contributed by atoms with Crippen LogP contribution in [0.3, 0.4) is 0 Å². The number of halogens is 1. The lowest BCUT2D eigenvalue weighted by Gasteiger charge is -2.10. The Hall–Kier alpha value is -1.07. The molecular formula is C13H12BrNO2S. The highest BCUT2D eigenvalue weighted by Crippen LogP contribution is 2.32. The highest BCUT2D eigenvalue weighted by Gasteiger charge is 2.12. The fourth-order valence-electron chi connectivity index (χ4n) is 1.71. The molecule has 18 heavy (non-hydrogen) atoms. The van der Waals surface area contributed by atoms with Crippen molar-refractivity contribution in [3.05, 3.63) is 34.9 Å². The standard InChI is InChI=1S/C13H12BrNO2S/c1-8(7-12(16)17)18-13-10-3-2-4-11(14)9(10)5-6-15-13/h2-6,8H,7H2,1H3,(H,16,17). The van der Waals surface area contributed by atoms with Crippen molar-refractivity contribution in [2.24, 2.45) is 0 Å². The molecule has 1 aromatic carbocycles. The Labute approximate surface area is 118 Å². The highest BCUT2D eigenvalue weighted by molar-refractivity contribution is 9.10. The van der Waals surface area contributed by atoms with Crippen molar-refractivity contribution in [3.8, 4) is 0 Å². The minimum atomic E-state index is -0.781. The SMILES string of the molecule is CC(CC(=O)O)Sc1nccc2c(Br)cccc12. The van der Waals surface area contributed by atoms with Crippen LogP contribution in [0.2, 0.25) is 0 Å². The summed E-state index contributed by atoms with van der Waals surface area (Å²) in [6, 6.07) is 7.89. The normalized spacial score (nSPS) is 12.6. The fraction of sp³-hybridized carbons (Fsp3) is 0.231. The van der Waals surface area contributed by atoms with Gasteiger partial charge in [-0.05, 0) is 12.1 Å². The molecule has 94 valence electrons. The summed E-state index contributed by atoms with van der Waals surface area (Å²) < 4.78 is 1.02. The number of carbonyl (C=O) groups is 1. The van der Waals surface area contributed by atoms with Crippen LogP contribution in [0.5, 0.6) is 0 Å². The van der Waals surface area contributed by atoms with Crippen molar-refractivity contribution in [3.63, 3.8) is 0 Å². The summed E-state index contributed by atoms with van der Waals surface area (Å²) in [5.74, 6) is -0.781. The second-order valence-electron chi connectivity index (χ2n) is 3.98. The number of aromatic nitrogens is 1. The summed E-state index contributed by atoms with van der Waals surface area (Å²) in [6.45, 7) is 1.90. The Morgan fingerprint density at radius 3 is 2.94 bits per heavy atom. The van der Waals surface area contributed by atoms with Gasteiger partial charge < -0.3 is 5.11 Å². The van der Waals surface area contributed by atoms with Gasteiger partial charge >= 0.3 is 5.97 Å². The minimum absolute atomic E-state index is 0.000387. The average Bonchev–Trinajstić information content (AvgIpc) is 2.29. The summed E-state index contributed by atoms with van der Waals surface area (Å²) in [5.41, 5.74) is 0. The molecule has 0 aliphatic rings. The molecule has 1 unspecified atom stereocenters. The van der Waals surface area contributed by atoms with Crippen LogP contribution in [-0.2, 0) is 4.79 Å². The lowest BCUT2D eigenvalue weighted by molar-refractivity contribution is -0.136. The van der Waals surface area contributed by atoms with Crippen LogP contribution in [-0.4, -0.2) is 21.3 Å². The molecule has 0 saturated heterocycles. The first kappa shape index (κ1) is 13.4. The Kier molecular flexibility index (Phi) is 4.24. The molecule has 0 aliphatic carbocycles. The number of rotatable bonds is 4. The number of hydrogen-bond acceptors (Lipinski definition) is 3. The number of carboxylic acids is 1. The summed E-state index contributed by atoms with van der Waals surface area (Å²) >= 11 is 5.00. The van der Waals surface area contributed by atoms with E-state index in [4.69, 9.17) is 5.11 Å². The maximum Gasteiger partial charge on any atom is 0.304 e. The summed E-state index contributed by atoms with van der Waals surface area (Å²) in [7, 11) is 0. The quantitative estimate of drug-likeness (QED) is 0.864. The van der Waals surface area contributed by atoms with Crippen LogP contribution < -0.4 is 0 Å². The lowest BCUT2D eigenvalue weighted by atomic mass is 10.2. The van der Waals surface area contributed by atoms with Crippen LogP contribution in [0.4, 0.5) is 0 Å². The van der Waals surface area contributed by atoms with Gasteiger partial charge in [-0.2, -0.15) is 0 Å². The van der Waals surface area contributed by atoms with Crippen molar-refractivity contribution >= 4 is 44.4 Å². The Morgan fingerprint density at radius 2 is 2.22 bits per heavy atom. The molecular weight excluding hydrogens is 314 g/mol. The molecule has 0 saturated carbocycles. The number of thioether (sulfide) groups is 1. The molecule has 0 fully saturated rings. The van der Waals surface area contributed by atoms with E-state index < -0.39 is 5.97 Å². The molecule has 1 heterocycles. The van der Waals surface area contributed by atoms with Crippen molar-refractivity contribution in [2.45, 2.75) is 23.6 Å². The first-order valence-electron chi connectivity index (χ1n) is 5.49. The van der Waals surface area contributed by atoms with E-state index >= 15 is 0 Å². The lowest BCUT2D eigenvalue weighted by Crippen LogP contribution is -2.05. The van der Waals surface area contributed by atoms with Crippen molar-refractivity contribution in [1.82, 2.24) is 4.98 Å². The van der Waals surface area contributed by atoms with Gasteiger partial charge in [0.1, 0.15) is 5.03 Å². The number of pyridine rings is 1. The number of aliphatic carboxylic acids is 1. The van der Waals surface area contributed by atoms with Gasteiger partial charge in [0.05, 0.1) is 6.42 Å². The van der Waals surface area contributed by atoms with Crippen LogP contribution >= 0.6 is 27.7 Å². The van der Waals surface area contributed by atoms with Crippen molar-refractivity contribution in [2.75, 3.05) is 0 Å². The monoisotopic (exact) mass is 325 g/mol. The van der Waals surface area contributed by atoms with Crippen LogP contribution in [0.25, 0.3) is 10.8 Å². The van der Waals surface area contributed by atoms with E-state index in [1.54, 1.807) is 6.20 Å². The first-order valence-corrected chi connectivity index (χ1v) is 7.17. The zero-order valence-corrected chi connectivity index (χ0v) is 12.2. The molecule has 5 heteroatoms. The van der Waals surface area contributed by atoms with Gasteiger partial charge in [0.25, 0.3) is 0 Å². The Morgan fingerprint density at radius 1 is 1.44 bits per heavy atom. The number of benzene rings is 1. The largest absolute Gasteiger partial charge is 0.481 e.